The average Bonchev–Trinajstić information content (AvgIpc) is 3.36. The molecule has 6 nitrogen and oxygen atoms in total. The number of nitrogens with one attached hydrogen (secondary N) is 1. The molecule has 0 radical (unpaired) electrons. The van der Waals surface area contributed by atoms with E-state index in [1.54, 1.807) is 6.07 Å². The number of rotatable bonds is 6. The van der Waals surface area contributed by atoms with Crippen LogP contribution in [0.2, 0.25) is 0 Å². The largest absolute Gasteiger partial charge is 0.268 e. The molecule has 0 saturated heterocycles. The molecular weight excluding hydrogens is 340 g/mol. The highest BCUT2D eigenvalue weighted by molar-refractivity contribution is 7.89. The standard InChI is InChI=1S/C15H15F2N3O3S/c16-11-3-4-12(17)14(9-11)24(22,23)18-7-8-20-15(21)6-5-13(19-20)10-1-2-10/h3-6,9-10,18H,1-2,7-8H2. The zero-order chi connectivity index (χ0) is 17.3. The molecule has 0 aliphatic heterocycles. The third kappa shape index (κ3) is 3.68. The van der Waals surface area contributed by atoms with E-state index in [0.717, 1.165) is 35.4 Å². The Morgan fingerprint density at radius 2 is 1.96 bits per heavy atom. The van der Waals surface area contributed by atoms with Crippen LogP contribution in [0.5, 0.6) is 0 Å². The summed E-state index contributed by atoms with van der Waals surface area (Å²) in [6.45, 7) is -0.172. The van der Waals surface area contributed by atoms with Crippen LogP contribution in [-0.2, 0) is 16.6 Å². The molecule has 1 saturated carbocycles. The van der Waals surface area contributed by atoms with Gasteiger partial charge in [0.2, 0.25) is 10.0 Å². The summed E-state index contributed by atoms with van der Waals surface area (Å²) < 4.78 is 54.1. The van der Waals surface area contributed by atoms with Gasteiger partial charge in [0, 0.05) is 18.5 Å². The fourth-order valence-corrected chi connectivity index (χ4v) is 3.38. The maximum absolute atomic E-state index is 13.6. The highest BCUT2D eigenvalue weighted by Crippen LogP contribution is 2.38. The molecule has 128 valence electrons. The Morgan fingerprint density at radius 1 is 1.21 bits per heavy atom. The third-order valence-electron chi connectivity index (χ3n) is 3.68. The van der Waals surface area contributed by atoms with E-state index >= 15 is 0 Å². The van der Waals surface area contributed by atoms with Crippen molar-refractivity contribution in [2.24, 2.45) is 0 Å². The molecule has 0 unspecified atom stereocenters. The lowest BCUT2D eigenvalue weighted by Gasteiger charge is -2.09. The van der Waals surface area contributed by atoms with Gasteiger partial charge in [-0.25, -0.2) is 26.6 Å². The minimum absolute atomic E-state index is 0.00441. The minimum Gasteiger partial charge on any atom is -0.268 e. The molecule has 0 amide bonds. The quantitative estimate of drug-likeness (QED) is 0.849. The zero-order valence-corrected chi connectivity index (χ0v) is 13.4. The average molecular weight is 355 g/mol. The maximum atomic E-state index is 13.6. The van der Waals surface area contributed by atoms with Gasteiger partial charge in [-0.1, -0.05) is 0 Å². The Morgan fingerprint density at radius 3 is 2.67 bits per heavy atom. The van der Waals surface area contributed by atoms with Gasteiger partial charge >= 0.3 is 0 Å². The smallest absolute Gasteiger partial charge is 0.266 e. The summed E-state index contributed by atoms with van der Waals surface area (Å²) in [5.74, 6) is -1.54. The second-order valence-electron chi connectivity index (χ2n) is 5.57. The van der Waals surface area contributed by atoms with Crippen LogP contribution in [0, 0.1) is 11.6 Å². The molecular formula is C15H15F2N3O3S. The van der Waals surface area contributed by atoms with Crippen LogP contribution < -0.4 is 10.3 Å². The number of halogens is 2. The number of benzene rings is 1. The molecule has 1 heterocycles. The van der Waals surface area contributed by atoms with Crippen LogP contribution in [-0.4, -0.2) is 24.7 Å². The highest BCUT2D eigenvalue weighted by Gasteiger charge is 2.25. The summed E-state index contributed by atoms with van der Waals surface area (Å²) in [7, 11) is -4.22. The van der Waals surface area contributed by atoms with Crippen molar-refractivity contribution >= 4 is 10.0 Å². The molecule has 0 atom stereocenters. The molecule has 0 spiro atoms. The lowest BCUT2D eigenvalue weighted by molar-refractivity contribution is 0.528. The van der Waals surface area contributed by atoms with Crippen LogP contribution in [0.15, 0.2) is 40.0 Å². The van der Waals surface area contributed by atoms with Crippen molar-refractivity contribution in [1.29, 1.82) is 0 Å². The fourth-order valence-electron chi connectivity index (χ4n) is 2.27. The van der Waals surface area contributed by atoms with E-state index in [-0.39, 0.29) is 18.6 Å². The first-order valence-electron chi connectivity index (χ1n) is 7.39. The molecule has 2 aromatic rings. The first-order chi connectivity index (χ1) is 11.4. The molecule has 1 aliphatic carbocycles. The van der Waals surface area contributed by atoms with Gasteiger partial charge in [0.1, 0.15) is 16.5 Å². The van der Waals surface area contributed by atoms with Crippen molar-refractivity contribution in [2.45, 2.75) is 30.2 Å². The summed E-state index contributed by atoms with van der Waals surface area (Å²) in [5, 5.41) is 4.19. The molecule has 24 heavy (non-hydrogen) atoms. The predicted molar refractivity (Wildman–Crippen MR) is 82.0 cm³/mol. The van der Waals surface area contributed by atoms with Gasteiger partial charge in [0.25, 0.3) is 5.56 Å². The van der Waals surface area contributed by atoms with Gasteiger partial charge < -0.3 is 0 Å². The second kappa shape index (κ2) is 6.40. The maximum Gasteiger partial charge on any atom is 0.266 e. The molecule has 1 aromatic carbocycles. The fraction of sp³-hybridized carbons (Fsp3) is 0.333. The number of hydrogen-bond acceptors (Lipinski definition) is 4. The number of aromatic nitrogens is 2. The van der Waals surface area contributed by atoms with Crippen LogP contribution in [0.3, 0.4) is 0 Å². The Labute approximate surface area is 137 Å². The van der Waals surface area contributed by atoms with Crippen LogP contribution in [0.4, 0.5) is 8.78 Å². The van der Waals surface area contributed by atoms with Crippen molar-refractivity contribution in [3.63, 3.8) is 0 Å². The summed E-state index contributed by atoms with van der Waals surface area (Å²) in [6, 6.07) is 5.25. The van der Waals surface area contributed by atoms with E-state index in [9.17, 15) is 22.0 Å². The van der Waals surface area contributed by atoms with Crippen molar-refractivity contribution in [2.75, 3.05) is 6.54 Å². The van der Waals surface area contributed by atoms with Gasteiger partial charge in [-0.3, -0.25) is 4.79 Å². The van der Waals surface area contributed by atoms with E-state index in [0.29, 0.717) is 12.0 Å². The van der Waals surface area contributed by atoms with Gasteiger partial charge in [0.15, 0.2) is 0 Å². The molecule has 1 aliphatic rings. The Hall–Kier alpha value is -2.13. The van der Waals surface area contributed by atoms with Gasteiger partial charge in [0.05, 0.1) is 12.2 Å². The number of hydrogen-bond donors (Lipinski definition) is 1. The third-order valence-corrected chi connectivity index (χ3v) is 5.16. The van der Waals surface area contributed by atoms with E-state index in [1.165, 1.54) is 6.07 Å². The van der Waals surface area contributed by atoms with E-state index in [1.807, 2.05) is 0 Å². The summed E-state index contributed by atoms with van der Waals surface area (Å²) in [5.41, 5.74) is 0.448. The predicted octanol–water partition coefficient (Wildman–Crippen LogP) is 1.38. The van der Waals surface area contributed by atoms with E-state index in [2.05, 4.69) is 9.82 Å². The molecule has 3 rings (SSSR count). The lowest BCUT2D eigenvalue weighted by atomic mass is 10.3. The molecule has 9 heteroatoms. The van der Waals surface area contributed by atoms with Gasteiger partial charge in [-0.05, 0) is 37.1 Å². The van der Waals surface area contributed by atoms with Crippen molar-refractivity contribution in [3.8, 4) is 0 Å². The van der Waals surface area contributed by atoms with Crippen LogP contribution >= 0.6 is 0 Å². The van der Waals surface area contributed by atoms with Crippen molar-refractivity contribution in [3.05, 3.63) is 58.0 Å². The summed E-state index contributed by atoms with van der Waals surface area (Å²) >= 11 is 0. The van der Waals surface area contributed by atoms with Gasteiger partial charge in [-0.2, -0.15) is 5.10 Å². The molecule has 1 aromatic heterocycles. The SMILES string of the molecule is O=c1ccc(C2CC2)nn1CCNS(=O)(=O)c1cc(F)ccc1F. The van der Waals surface area contributed by atoms with Gasteiger partial charge in [-0.15, -0.1) is 0 Å². The number of nitrogens with zero attached hydrogens (tertiary/aromatic N) is 2. The zero-order valence-electron chi connectivity index (χ0n) is 12.6. The first-order valence-corrected chi connectivity index (χ1v) is 8.88. The Bertz CT molecular complexity index is 924. The Balaban J connectivity index is 1.70. The number of sulfonamides is 1. The highest BCUT2D eigenvalue weighted by atomic mass is 32.2. The monoisotopic (exact) mass is 355 g/mol. The van der Waals surface area contributed by atoms with Crippen molar-refractivity contribution < 1.29 is 17.2 Å². The van der Waals surface area contributed by atoms with E-state index < -0.39 is 26.6 Å². The molecule has 0 bridgehead atoms. The summed E-state index contributed by atoms with van der Waals surface area (Å²) in [6.07, 6.45) is 2.05. The normalized spacial score (nSPS) is 14.8. The Kier molecular flexibility index (Phi) is 4.46. The topological polar surface area (TPSA) is 81.1 Å². The minimum atomic E-state index is -4.22. The van der Waals surface area contributed by atoms with Crippen molar-refractivity contribution in [1.82, 2.24) is 14.5 Å². The second-order valence-corrected chi connectivity index (χ2v) is 7.30. The van der Waals surface area contributed by atoms with E-state index in [4.69, 9.17) is 0 Å². The summed E-state index contributed by atoms with van der Waals surface area (Å²) in [4.78, 5) is 11.0. The van der Waals surface area contributed by atoms with Crippen LogP contribution in [0.1, 0.15) is 24.5 Å². The molecule has 1 fully saturated rings. The first kappa shape index (κ1) is 16.7. The molecule has 1 N–H and O–H groups in total. The lowest BCUT2D eigenvalue weighted by Crippen LogP contribution is -2.32. The van der Waals surface area contributed by atoms with Crippen LogP contribution in [0.25, 0.3) is 0 Å².